The van der Waals surface area contributed by atoms with Gasteiger partial charge in [-0.05, 0) is 25.0 Å². The predicted octanol–water partition coefficient (Wildman–Crippen LogP) is 2.63. The predicted molar refractivity (Wildman–Crippen MR) is 66.6 cm³/mol. The van der Waals surface area contributed by atoms with Gasteiger partial charge < -0.3 is 5.11 Å². The van der Waals surface area contributed by atoms with Gasteiger partial charge in [0.1, 0.15) is 0 Å². The summed E-state index contributed by atoms with van der Waals surface area (Å²) in [4.78, 5) is 15.2. The number of aromatic nitrogens is 3. The lowest BCUT2D eigenvalue weighted by atomic mass is 9.96. The first-order valence-electron chi connectivity index (χ1n) is 6.33. The molecule has 0 spiro atoms. The number of hydrogen-bond acceptors (Lipinski definition) is 3. The summed E-state index contributed by atoms with van der Waals surface area (Å²) >= 11 is 0. The summed E-state index contributed by atoms with van der Waals surface area (Å²) in [5.74, 6) is -0.992. The standard InChI is InChI=1S/C13H15N3O2/c17-13(18)11-7-6-9-8-14-16(12(9)15-11)10-4-2-1-3-5-10/h6-8,10H,1-5H2,(H,17,18). The molecule has 5 nitrogen and oxygen atoms in total. The lowest BCUT2D eigenvalue weighted by molar-refractivity contribution is 0.0691. The van der Waals surface area contributed by atoms with E-state index in [4.69, 9.17) is 5.11 Å². The number of carbonyl (C=O) groups is 1. The topological polar surface area (TPSA) is 68.0 Å². The van der Waals surface area contributed by atoms with E-state index in [2.05, 4.69) is 10.1 Å². The van der Waals surface area contributed by atoms with Crippen molar-refractivity contribution in [1.82, 2.24) is 14.8 Å². The van der Waals surface area contributed by atoms with Crippen molar-refractivity contribution in [2.24, 2.45) is 0 Å². The monoisotopic (exact) mass is 245 g/mol. The van der Waals surface area contributed by atoms with Gasteiger partial charge in [0.2, 0.25) is 0 Å². The summed E-state index contributed by atoms with van der Waals surface area (Å²) in [5, 5.41) is 14.3. The van der Waals surface area contributed by atoms with E-state index >= 15 is 0 Å². The Bertz CT molecular complexity index is 585. The highest BCUT2D eigenvalue weighted by molar-refractivity contribution is 5.88. The summed E-state index contributed by atoms with van der Waals surface area (Å²) in [6.07, 6.45) is 7.69. The summed E-state index contributed by atoms with van der Waals surface area (Å²) in [6, 6.07) is 3.67. The van der Waals surface area contributed by atoms with Crippen molar-refractivity contribution in [3.05, 3.63) is 24.0 Å². The quantitative estimate of drug-likeness (QED) is 0.883. The van der Waals surface area contributed by atoms with E-state index in [0.717, 1.165) is 18.2 Å². The van der Waals surface area contributed by atoms with Gasteiger partial charge in [0.25, 0.3) is 0 Å². The Hall–Kier alpha value is -1.91. The molecule has 0 radical (unpaired) electrons. The van der Waals surface area contributed by atoms with Gasteiger partial charge in [0.05, 0.1) is 12.2 Å². The molecule has 1 fully saturated rings. The van der Waals surface area contributed by atoms with Gasteiger partial charge in [-0.3, -0.25) is 0 Å². The van der Waals surface area contributed by atoms with Crippen LogP contribution in [0.5, 0.6) is 0 Å². The molecule has 1 aliphatic carbocycles. The molecule has 2 aromatic heterocycles. The van der Waals surface area contributed by atoms with E-state index in [1.807, 2.05) is 4.68 Å². The number of nitrogens with zero attached hydrogens (tertiary/aromatic N) is 3. The van der Waals surface area contributed by atoms with Gasteiger partial charge >= 0.3 is 5.97 Å². The minimum absolute atomic E-state index is 0.0834. The number of carboxylic acids is 1. The minimum Gasteiger partial charge on any atom is -0.477 e. The Labute approximate surface area is 104 Å². The van der Waals surface area contributed by atoms with Crippen LogP contribution in [-0.4, -0.2) is 25.8 Å². The van der Waals surface area contributed by atoms with Crippen LogP contribution in [0.2, 0.25) is 0 Å². The van der Waals surface area contributed by atoms with Gasteiger partial charge in [-0.25, -0.2) is 14.5 Å². The first kappa shape index (κ1) is 11.2. The lowest BCUT2D eigenvalue weighted by Crippen LogP contribution is -2.15. The Morgan fingerprint density at radius 3 is 2.78 bits per heavy atom. The molecule has 3 rings (SSSR count). The summed E-state index contributed by atoms with van der Waals surface area (Å²) in [5.41, 5.74) is 0.779. The second-order valence-electron chi connectivity index (χ2n) is 4.80. The Kier molecular flexibility index (Phi) is 2.74. The number of hydrogen-bond donors (Lipinski definition) is 1. The van der Waals surface area contributed by atoms with E-state index in [1.165, 1.54) is 25.3 Å². The van der Waals surface area contributed by atoms with Crippen molar-refractivity contribution in [2.45, 2.75) is 38.1 Å². The van der Waals surface area contributed by atoms with Crippen molar-refractivity contribution in [3.63, 3.8) is 0 Å². The number of aromatic carboxylic acids is 1. The molecule has 0 atom stereocenters. The second-order valence-corrected chi connectivity index (χ2v) is 4.80. The van der Waals surface area contributed by atoms with Crippen LogP contribution in [0.3, 0.4) is 0 Å². The summed E-state index contributed by atoms with van der Waals surface area (Å²) < 4.78 is 1.90. The molecule has 0 amide bonds. The van der Waals surface area contributed by atoms with Gasteiger partial charge in [0, 0.05) is 5.39 Å². The van der Waals surface area contributed by atoms with Gasteiger partial charge in [0.15, 0.2) is 11.3 Å². The maximum absolute atomic E-state index is 11.0. The molecule has 1 saturated carbocycles. The molecule has 1 N–H and O–H groups in total. The third kappa shape index (κ3) is 1.85. The first-order chi connectivity index (χ1) is 8.75. The van der Waals surface area contributed by atoms with Crippen LogP contribution in [0.4, 0.5) is 0 Å². The molecule has 94 valence electrons. The fourth-order valence-corrected chi connectivity index (χ4v) is 2.63. The zero-order valence-electron chi connectivity index (χ0n) is 10.0. The van der Waals surface area contributed by atoms with Crippen molar-refractivity contribution in [1.29, 1.82) is 0 Å². The van der Waals surface area contributed by atoms with Crippen LogP contribution in [0.15, 0.2) is 18.3 Å². The van der Waals surface area contributed by atoms with Crippen molar-refractivity contribution in [2.75, 3.05) is 0 Å². The third-order valence-corrected chi connectivity index (χ3v) is 3.58. The van der Waals surface area contributed by atoms with Crippen LogP contribution in [-0.2, 0) is 0 Å². The van der Waals surface area contributed by atoms with Gasteiger partial charge in [-0.15, -0.1) is 0 Å². The van der Waals surface area contributed by atoms with E-state index in [0.29, 0.717) is 11.7 Å². The molecular weight excluding hydrogens is 230 g/mol. The summed E-state index contributed by atoms with van der Waals surface area (Å²) in [6.45, 7) is 0. The highest BCUT2D eigenvalue weighted by Gasteiger charge is 2.19. The Balaban J connectivity index is 2.05. The van der Waals surface area contributed by atoms with Crippen LogP contribution < -0.4 is 0 Å². The zero-order chi connectivity index (χ0) is 12.5. The smallest absolute Gasteiger partial charge is 0.354 e. The number of pyridine rings is 1. The number of carboxylic acid groups (broad SMARTS) is 1. The van der Waals surface area contributed by atoms with Crippen LogP contribution in [0.25, 0.3) is 11.0 Å². The maximum atomic E-state index is 11.0. The van der Waals surface area contributed by atoms with E-state index < -0.39 is 5.97 Å². The first-order valence-corrected chi connectivity index (χ1v) is 6.33. The van der Waals surface area contributed by atoms with Gasteiger partial charge in [-0.1, -0.05) is 19.3 Å². The molecule has 0 aromatic carbocycles. The molecule has 2 heterocycles. The lowest BCUT2D eigenvalue weighted by Gasteiger charge is -2.22. The SMILES string of the molecule is O=C(O)c1ccc2cnn(C3CCCCC3)c2n1. The average Bonchev–Trinajstić information content (AvgIpc) is 2.82. The highest BCUT2D eigenvalue weighted by Crippen LogP contribution is 2.29. The Morgan fingerprint density at radius 1 is 1.28 bits per heavy atom. The van der Waals surface area contributed by atoms with E-state index in [-0.39, 0.29) is 5.69 Å². The third-order valence-electron chi connectivity index (χ3n) is 3.58. The van der Waals surface area contributed by atoms with Crippen LogP contribution in [0, 0.1) is 0 Å². The van der Waals surface area contributed by atoms with Gasteiger partial charge in [-0.2, -0.15) is 5.10 Å². The largest absolute Gasteiger partial charge is 0.477 e. The maximum Gasteiger partial charge on any atom is 0.354 e. The molecule has 2 aromatic rings. The van der Waals surface area contributed by atoms with Crippen LogP contribution >= 0.6 is 0 Å². The molecule has 18 heavy (non-hydrogen) atoms. The number of rotatable bonds is 2. The second kappa shape index (κ2) is 4.40. The normalized spacial score (nSPS) is 17.1. The minimum atomic E-state index is -0.992. The molecule has 0 unspecified atom stereocenters. The zero-order valence-corrected chi connectivity index (χ0v) is 10.0. The van der Waals surface area contributed by atoms with Crippen molar-refractivity contribution < 1.29 is 9.90 Å². The highest BCUT2D eigenvalue weighted by atomic mass is 16.4. The Morgan fingerprint density at radius 2 is 2.06 bits per heavy atom. The van der Waals surface area contributed by atoms with Crippen LogP contribution in [0.1, 0.15) is 48.6 Å². The molecule has 5 heteroatoms. The summed E-state index contributed by atoms with van der Waals surface area (Å²) in [7, 11) is 0. The molecule has 0 saturated heterocycles. The fraction of sp³-hybridized carbons (Fsp3) is 0.462. The molecule has 1 aliphatic rings. The molecular formula is C13H15N3O2. The van der Waals surface area contributed by atoms with E-state index in [1.54, 1.807) is 12.3 Å². The molecule has 0 bridgehead atoms. The van der Waals surface area contributed by atoms with E-state index in [9.17, 15) is 4.79 Å². The fourth-order valence-electron chi connectivity index (χ4n) is 2.63. The van der Waals surface area contributed by atoms with Crippen molar-refractivity contribution in [3.8, 4) is 0 Å². The van der Waals surface area contributed by atoms with Crippen molar-refractivity contribution >= 4 is 17.0 Å². The molecule has 0 aliphatic heterocycles. The average molecular weight is 245 g/mol. The number of fused-ring (bicyclic) bond motifs is 1.